The van der Waals surface area contributed by atoms with Gasteiger partial charge in [0.2, 0.25) is 5.79 Å². The molecule has 0 aromatic carbocycles. The lowest BCUT2D eigenvalue weighted by molar-refractivity contribution is -0.259. The number of carbonyl (C=O) groups is 1. The van der Waals surface area contributed by atoms with Crippen molar-refractivity contribution in [3.8, 4) is 0 Å². The van der Waals surface area contributed by atoms with Gasteiger partial charge in [-0.1, -0.05) is 32.1 Å². The highest BCUT2D eigenvalue weighted by atomic mass is 16.6. The zero-order valence-electron chi connectivity index (χ0n) is 13.3. The van der Waals surface area contributed by atoms with Gasteiger partial charge in [-0.3, -0.25) is 4.79 Å². The lowest BCUT2D eigenvalue weighted by Gasteiger charge is -2.53. The van der Waals surface area contributed by atoms with Crippen molar-refractivity contribution >= 4 is 5.78 Å². The van der Waals surface area contributed by atoms with Crippen LogP contribution < -0.4 is 0 Å². The molecule has 0 bridgehead atoms. The molecule has 22 heavy (non-hydrogen) atoms. The van der Waals surface area contributed by atoms with Crippen LogP contribution in [-0.2, 0) is 9.53 Å². The van der Waals surface area contributed by atoms with E-state index in [9.17, 15) is 9.90 Å². The van der Waals surface area contributed by atoms with Crippen LogP contribution in [0.3, 0.4) is 0 Å². The van der Waals surface area contributed by atoms with Crippen molar-refractivity contribution < 1.29 is 14.6 Å². The Morgan fingerprint density at radius 1 is 1.09 bits per heavy atom. The smallest absolute Gasteiger partial charge is 0.211 e. The van der Waals surface area contributed by atoms with E-state index in [0.29, 0.717) is 12.6 Å². The largest absolute Gasteiger partial charge is 0.365 e. The van der Waals surface area contributed by atoms with Gasteiger partial charge in [-0.15, -0.1) is 0 Å². The minimum absolute atomic E-state index is 0.0335. The first-order valence-electron chi connectivity index (χ1n) is 9.09. The van der Waals surface area contributed by atoms with Crippen molar-refractivity contribution in [2.75, 3.05) is 13.2 Å². The van der Waals surface area contributed by atoms with E-state index in [0.717, 1.165) is 37.9 Å². The molecule has 122 valence electrons. The van der Waals surface area contributed by atoms with Gasteiger partial charge in [-0.25, -0.2) is 0 Å². The first kappa shape index (κ1) is 14.7. The van der Waals surface area contributed by atoms with Gasteiger partial charge in [0, 0.05) is 30.5 Å². The molecule has 2 saturated carbocycles. The van der Waals surface area contributed by atoms with Crippen LogP contribution in [0.2, 0.25) is 0 Å². The van der Waals surface area contributed by atoms with Crippen molar-refractivity contribution in [2.45, 2.75) is 69.6 Å². The van der Waals surface area contributed by atoms with E-state index < -0.39 is 5.79 Å². The Morgan fingerprint density at radius 2 is 1.82 bits per heavy atom. The molecule has 3 aliphatic carbocycles. The summed E-state index contributed by atoms with van der Waals surface area (Å²) in [4.78, 5) is 14.9. The molecule has 0 aromatic rings. The second-order valence-corrected chi connectivity index (χ2v) is 7.46. The Kier molecular flexibility index (Phi) is 3.77. The van der Waals surface area contributed by atoms with E-state index in [1.54, 1.807) is 6.08 Å². The Bertz CT molecular complexity index is 483. The Hall–Kier alpha value is -0.870. The van der Waals surface area contributed by atoms with Gasteiger partial charge < -0.3 is 14.7 Å². The summed E-state index contributed by atoms with van der Waals surface area (Å²) in [5, 5.41) is 11.3. The second-order valence-electron chi connectivity index (χ2n) is 7.46. The molecule has 4 nitrogen and oxygen atoms in total. The lowest BCUT2D eigenvalue weighted by atomic mass is 9.67. The predicted octanol–water partition coefficient (Wildman–Crippen LogP) is 2.61. The van der Waals surface area contributed by atoms with Crippen LogP contribution in [0, 0.1) is 11.8 Å². The van der Waals surface area contributed by atoms with Crippen molar-refractivity contribution in [1.82, 2.24) is 4.90 Å². The van der Waals surface area contributed by atoms with Crippen LogP contribution in [0.15, 0.2) is 11.8 Å². The highest BCUT2D eigenvalue weighted by Crippen LogP contribution is 2.48. The molecule has 0 spiro atoms. The minimum atomic E-state index is -1.21. The first-order chi connectivity index (χ1) is 10.7. The molecule has 1 N–H and O–H groups in total. The van der Waals surface area contributed by atoms with Crippen molar-refractivity contribution in [3.05, 3.63) is 11.8 Å². The number of ether oxygens (including phenoxy) is 1. The number of fused-ring (bicyclic) bond motifs is 3. The average molecular weight is 305 g/mol. The summed E-state index contributed by atoms with van der Waals surface area (Å²) in [6.07, 6.45) is 11.9. The fourth-order valence-corrected chi connectivity index (χ4v) is 5.14. The third-order valence-corrected chi connectivity index (χ3v) is 6.26. The van der Waals surface area contributed by atoms with Crippen molar-refractivity contribution in [3.63, 3.8) is 0 Å². The molecule has 1 aliphatic heterocycles. The number of carbonyl (C=O) groups excluding carboxylic acids is 1. The van der Waals surface area contributed by atoms with E-state index in [1.165, 1.54) is 32.1 Å². The third kappa shape index (κ3) is 2.23. The maximum absolute atomic E-state index is 12.6. The monoisotopic (exact) mass is 305 g/mol. The number of rotatable bonds is 1. The van der Waals surface area contributed by atoms with E-state index in [4.69, 9.17) is 4.74 Å². The topological polar surface area (TPSA) is 49.8 Å². The van der Waals surface area contributed by atoms with Crippen LogP contribution >= 0.6 is 0 Å². The summed E-state index contributed by atoms with van der Waals surface area (Å²) < 4.78 is 5.90. The van der Waals surface area contributed by atoms with E-state index in [-0.39, 0.29) is 17.6 Å². The predicted molar refractivity (Wildman–Crippen MR) is 83.0 cm³/mol. The van der Waals surface area contributed by atoms with Crippen LogP contribution in [-0.4, -0.2) is 40.8 Å². The van der Waals surface area contributed by atoms with Crippen molar-refractivity contribution in [1.29, 1.82) is 0 Å². The maximum Gasteiger partial charge on any atom is 0.211 e. The second kappa shape index (κ2) is 5.64. The zero-order chi connectivity index (χ0) is 15.2. The number of aliphatic hydroxyl groups is 1. The zero-order valence-corrected chi connectivity index (χ0v) is 13.3. The molecule has 4 rings (SSSR count). The van der Waals surface area contributed by atoms with Crippen LogP contribution in [0.4, 0.5) is 0 Å². The van der Waals surface area contributed by atoms with Gasteiger partial charge in [0.05, 0.1) is 12.3 Å². The number of hydrogen-bond donors (Lipinski definition) is 1. The van der Waals surface area contributed by atoms with Gasteiger partial charge in [0.25, 0.3) is 0 Å². The van der Waals surface area contributed by atoms with Crippen LogP contribution in [0.5, 0.6) is 0 Å². The number of hydrogen-bond acceptors (Lipinski definition) is 4. The van der Waals surface area contributed by atoms with Crippen LogP contribution in [0.1, 0.15) is 57.8 Å². The maximum atomic E-state index is 12.6. The molecule has 0 radical (unpaired) electrons. The molecule has 0 aromatic heterocycles. The normalized spacial score (nSPS) is 40.0. The van der Waals surface area contributed by atoms with E-state index in [2.05, 4.69) is 4.90 Å². The molecule has 1 saturated heterocycles. The standard InChI is InChI=1S/C18H27NO3/c20-16-12-17-18(21,15-9-5-4-8-14(15)16)22-11-10-19(17)13-6-2-1-3-7-13/h12-15,21H,1-11H2. The van der Waals surface area contributed by atoms with Crippen molar-refractivity contribution in [2.24, 2.45) is 11.8 Å². The summed E-state index contributed by atoms with van der Waals surface area (Å²) in [6.45, 7) is 1.38. The molecule has 3 atom stereocenters. The minimum Gasteiger partial charge on any atom is -0.365 e. The summed E-state index contributed by atoms with van der Waals surface area (Å²) in [6, 6.07) is 0.475. The van der Waals surface area contributed by atoms with Crippen LogP contribution in [0.25, 0.3) is 0 Å². The molecule has 1 heterocycles. The number of nitrogens with zero attached hydrogens (tertiary/aromatic N) is 1. The highest BCUT2D eigenvalue weighted by Gasteiger charge is 2.55. The molecule has 3 fully saturated rings. The van der Waals surface area contributed by atoms with Gasteiger partial charge in [0.15, 0.2) is 5.78 Å². The Balaban J connectivity index is 1.68. The molecule has 4 heteroatoms. The lowest BCUT2D eigenvalue weighted by Crippen LogP contribution is -2.61. The third-order valence-electron chi connectivity index (χ3n) is 6.26. The first-order valence-corrected chi connectivity index (χ1v) is 9.09. The molecule has 3 unspecified atom stereocenters. The molecule has 0 amide bonds. The fourth-order valence-electron chi connectivity index (χ4n) is 5.14. The quantitative estimate of drug-likeness (QED) is 0.809. The Morgan fingerprint density at radius 3 is 2.64 bits per heavy atom. The summed E-state index contributed by atoms with van der Waals surface area (Å²) >= 11 is 0. The number of morpholine rings is 1. The van der Waals surface area contributed by atoms with E-state index in [1.807, 2.05) is 0 Å². The molecular weight excluding hydrogens is 278 g/mol. The summed E-state index contributed by atoms with van der Waals surface area (Å²) in [7, 11) is 0. The van der Waals surface area contributed by atoms with E-state index >= 15 is 0 Å². The van der Waals surface area contributed by atoms with Gasteiger partial charge in [0.1, 0.15) is 0 Å². The Labute approximate surface area is 132 Å². The number of allylic oxidation sites excluding steroid dienone is 1. The SMILES string of the molecule is O=C1C=C2N(C3CCCCC3)CCOC2(O)C2CCCCC12. The highest BCUT2D eigenvalue weighted by molar-refractivity contribution is 5.94. The summed E-state index contributed by atoms with van der Waals surface area (Å²) in [5.41, 5.74) is 0.777. The molecular formula is C18H27NO3. The fraction of sp³-hybridized carbons (Fsp3) is 0.833. The van der Waals surface area contributed by atoms with Gasteiger partial charge >= 0.3 is 0 Å². The average Bonchev–Trinajstić information content (AvgIpc) is 2.57. The van der Waals surface area contributed by atoms with Gasteiger partial charge in [-0.05, 0) is 25.7 Å². The molecule has 4 aliphatic rings. The number of ketones is 1. The van der Waals surface area contributed by atoms with Gasteiger partial charge in [-0.2, -0.15) is 0 Å². The summed E-state index contributed by atoms with van der Waals surface area (Å²) in [5.74, 6) is -1.07.